The lowest BCUT2D eigenvalue weighted by atomic mass is 9.87. The Morgan fingerprint density at radius 2 is 1.70 bits per heavy atom. The average molecular weight is 370 g/mol. The zero-order chi connectivity index (χ0) is 19.6. The SMILES string of the molecule is C#Cc1ccc(Cc2cccc([C@]3(O)O[C@H](CO)[C@@H](O)[C@H](O)[C@H]3O)c2)cc1. The monoisotopic (exact) mass is 370 g/mol. The van der Waals surface area contributed by atoms with Crippen molar-refractivity contribution in [3.63, 3.8) is 0 Å². The van der Waals surface area contributed by atoms with Crippen molar-refractivity contribution in [3.8, 4) is 12.3 Å². The Kier molecular flexibility index (Phi) is 5.63. The van der Waals surface area contributed by atoms with Crippen LogP contribution in [0.3, 0.4) is 0 Å². The molecule has 1 aliphatic rings. The maximum Gasteiger partial charge on any atom is 0.222 e. The molecule has 27 heavy (non-hydrogen) atoms. The zero-order valence-corrected chi connectivity index (χ0v) is 14.6. The first-order chi connectivity index (χ1) is 12.9. The van der Waals surface area contributed by atoms with Crippen molar-refractivity contribution < 1.29 is 30.3 Å². The van der Waals surface area contributed by atoms with E-state index in [1.165, 1.54) is 0 Å². The van der Waals surface area contributed by atoms with Crippen LogP contribution in [0.2, 0.25) is 0 Å². The second-order valence-electron chi connectivity index (χ2n) is 6.68. The summed E-state index contributed by atoms with van der Waals surface area (Å²) in [5, 5.41) is 50.4. The molecule has 1 heterocycles. The van der Waals surface area contributed by atoms with Crippen LogP contribution in [0.4, 0.5) is 0 Å². The fraction of sp³-hybridized carbons (Fsp3) is 0.333. The highest BCUT2D eigenvalue weighted by atomic mass is 16.7. The van der Waals surface area contributed by atoms with Crippen LogP contribution in [-0.2, 0) is 16.9 Å². The van der Waals surface area contributed by atoms with Crippen molar-refractivity contribution in [1.29, 1.82) is 0 Å². The Bertz CT molecular complexity index is 825. The number of ether oxygens (including phenoxy) is 1. The summed E-state index contributed by atoms with van der Waals surface area (Å²) in [6, 6.07) is 14.2. The summed E-state index contributed by atoms with van der Waals surface area (Å²) in [6.07, 6.45) is -0.273. The van der Waals surface area contributed by atoms with Gasteiger partial charge in [-0.2, -0.15) is 0 Å². The molecule has 0 amide bonds. The first-order valence-electron chi connectivity index (χ1n) is 8.59. The van der Waals surface area contributed by atoms with Gasteiger partial charge in [0.1, 0.15) is 24.4 Å². The summed E-state index contributed by atoms with van der Waals surface area (Å²) in [5.41, 5.74) is 2.85. The van der Waals surface area contributed by atoms with Crippen molar-refractivity contribution in [3.05, 3.63) is 70.8 Å². The molecule has 1 aliphatic heterocycles. The summed E-state index contributed by atoms with van der Waals surface area (Å²) in [6.45, 7) is -0.617. The van der Waals surface area contributed by atoms with Gasteiger partial charge in [0.2, 0.25) is 5.79 Å². The first-order valence-corrected chi connectivity index (χ1v) is 8.59. The number of aliphatic hydroxyl groups is 5. The molecule has 0 spiro atoms. The lowest BCUT2D eigenvalue weighted by molar-refractivity contribution is -0.357. The van der Waals surface area contributed by atoms with Crippen LogP contribution in [0.25, 0.3) is 0 Å². The summed E-state index contributed by atoms with van der Waals surface area (Å²) in [7, 11) is 0. The molecule has 5 atom stereocenters. The molecule has 2 aromatic rings. The smallest absolute Gasteiger partial charge is 0.222 e. The topological polar surface area (TPSA) is 110 Å². The molecule has 3 rings (SSSR count). The van der Waals surface area contributed by atoms with E-state index >= 15 is 0 Å². The highest BCUT2D eigenvalue weighted by molar-refractivity contribution is 5.37. The van der Waals surface area contributed by atoms with E-state index in [2.05, 4.69) is 5.92 Å². The van der Waals surface area contributed by atoms with Gasteiger partial charge in [-0.15, -0.1) is 6.42 Å². The number of benzene rings is 2. The van der Waals surface area contributed by atoms with Gasteiger partial charge >= 0.3 is 0 Å². The average Bonchev–Trinajstić information content (AvgIpc) is 2.70. The molecule has 0 bridgehead atoms. The summed E-state index contributed by atoms with van der Waals surface area (Å²) in [4.78, 5) is 0. The summed E-state index contributed by atoms with van der Waals surface area (Å²) >= 11 is 0. The minimum Gasteiger partial charge on any atom is -0.394 e. The van der Waals surface area contributed by atoms with Crippen molar-refractivity contribution in [1.82, 2.24) is 0 Å². The molecule has 0 aliphatic carbocycles. The maximum atomic E-state index is 10.9. The van der Waals surface area contributed by atoms with E-state index in [-0.39, 0.29) is 5.56 Å². The molecule has 6 heteroatoms. The van der Waals surface area contributed by atoms with Gasteiger partial charge in [-0.05, 0) is 35.7 Å². The van der Waals surface area contributed by atoms with Gasteiger partial charge in [0.15, 0.2) is 0 Å². The van der Waals surface area contributed by atoms with Crippen LogP contribution in [-0.4, -0.2) is 56.6 Å². The van der Waals surface area contributed by atoms with Crippen molar-refractivity contribution >= 4 is 0 Å². The normalized spacial score (nSPS) is 30.7. The van der Waals surface area contributed by atoms with Gasteiger partial charge in [0.05, 0.1) is 6.61 Å². The van der Waals surface area contributed by atoms with Crippen LogP contribution in [0, 0.1) is 12.3 Å². The molecule has 0 radical (unpaired) electrons. The number of hydrogen-bond donors (Lipinski definition) is 5. The highest BCUT2D eigenvalue weighted by Gasteiger charge is 2.53. The summed E-state index contributed by atoms with van der Waals surface area (Å²) in [5.74, 6) is 0.301. The van der Waals surface area contributed by atoms with Crippen molar-refractivity contribution in [2.24, 2.45) is 0 Å². The molecule has 0 saturated carbocycles. The fourth-order valence-corrected chi connectivity index (χ4v) is 3.25. The van der Waals surface area contributed by atoms with Crippen LogP contribution in [0.15, 0.2) is 48.5 Å². The number of aliphatic hydroxyl groups excluding tert-OH is 4. The van der Waals surface area contributed by atoms with Crippen molar-refractivity contribution in [2.75, 3.05) is 6.61 Å². The minimum absolute atomic E-state index is 0.220. The highest BCUT2D eigenvalue weighted by Crippen LogP contribution is 2.36. The van der Waals surface area contributed by atoms with E-state index in [9.17, 15) is 25.5 Å². The van der Waals surface area contributed by atoms with E-state index in [0.29, 0.717) is 6.42 Å². The third kappa shape index (κ3) is 3.75. The van der Waals surface area contributed by atoms with Gasteiger partial charge in [-0.1, -0.05) is 36.3 Å². The van der Waals surface area contributed by atoms with E-state index in [1.807, 2.05) is 30.3 Å². The Morgan fingerprint density at radius 1 is 1.00 bits per heavy atom. The van der Waals surface area contributed by atoms with E-state index in [0.717, 1.165) is 16.7 Å². The molecular formula is C21H22O6. The van der Waals surface area contributed by atoms with Crippen molar-refractivity contribution in [2.45, 2.75) is 36.6 Å². The van der Waals surface area contributed by atoms with Crippen LogP contribution in [0.5, 0.6) is 0 Å². The zero-order valence-electron chi connectivity index (χ0n) is 14.6. The van der Waals surface area contributed by atoms with Crippen LogP contribution >= 0.6 is 0 Å². The standard InChI is InChI=1S/C21H22O6/c1-2-13-6-8-14(9-7-13)10-15-4-3-5-16(11-15)21(26)20(25)19(24)18(23)17(12-22)27-21/h1,3-9,11,17-20,22-26H,10,12H2/t17-,18-,19+,20-,21+/m1/s1. The minimum atomic E-state index is -2.25. The Balaban J connectivity index is 1.88. The maximum absolute atomic E-state index is 10.9. The van der Waals surface area contributed by atoms with Gasteiger partial charge in [-0.3, -0.25) is 0 Å². The fourth-order valence-electron chi connectivity index (χ4n) is 3.25. The molecule has 142 valence electrons. The Labute approximate surface area is 157 Å². The number of rotatable bonds is 4. The van der Waals surface area contributed by atoms with Crippen LogP contribution in [0.1, 0.15) is 22.3 Å². The Hall–Kier alpha value is -2.24. The second kappa shape index (κ2) is 7.79. The first kappa shape index (κ1) is 19.5. The van der Waals surface area contributed by atoms with Gasteiger partial charge in [0.25, 0.3) is 0 Å². The molecular weight excluding hydrogens is 348 g/mol. The molecule has 0 aromatic heterocycles. The third-order valence-corrected chi connectivity index (χ3v) is 4.84. The van der Waals surface area contributed by atoms with Gasteiger partial charge in [0, 0.05) is 11.1 Å². The lowest BCUT2D eigenvalue weighted by Gasteiger charge is -2.45. The molecule has 1 saturated heterocycles. The predicted molar refractivity (Wildman–Crippen MR) is 97.5 cm³/mol. The second-order valence-corrected chi connectivity index (χ2v) is 6.68. The molecule has 2 aromatic carbocycles. The van der Waals surface area contributed by atoms with Gasteiger partial charge < -0.3 is 30.3 Å². The molecule has 5 N–H and O–H groups in total. The number of terminal acetylenes is 1. The third-order valence-electron chi connectivity index (χ3n) is 4.84. The molecule has 6 nitrogen and oxygen atoms in total. The largest absolute Gasteiger partial charge is 0.394 e. The summed E-state index contributed by atoms with van der Waals surface area (Å²) < 4.78 is 5.36. The Morgan fingerprint density at radius 3 is 2.33 bits per heavy atom. The molecule has 0 unspecified atom stereocenters. The number of hydrogen-bond acceptors (Lipinski definition) is 6. The van der Waals surface area contributed by atoms with Gasteiger partial charge in [-0.25, -0.2) is 0 Å². The van der Waals surface area contributed by atoms with Crippen LogP contribution < -0.4 is 0 Å². The van der Waals surface area contributed by atoms with E-state index in [4.69, 9.17) is 11.2 Å². The van der Waals surface area contributed by atoms with E-state index < -0.39 is 36.8 Å². The molecule has 1 fully saturated rings. The quantitative estimate of drug-likeness (QED) is 0.480. The van der Waals surface area contributed by atoms with E-state index in [1.54, 1.807) is 18.2 Å². The lowest BCUT2D eigenvalue weighted by Crippen LogP contribution is -2.63. The predicted octanol–water partition coefficient (Wildman–Crippen LogP) is -0.122.